The summed E-state index contributed by atoms with van der Waals surface area (Å²) in [5, 5.41) is 8.24. The first-order valence-electron chi connectivity index (χ1n) is 5.21. The number of hydrogen-bond acceptors (Lipinski definition) is 3. The van der Waals surface area contributed by atoms with Gasteiger partial charge in [0, 0.05) is 14.2 Å². The van der Waals surface area contributed by atoms with Crippen LogP contribution in [0.15, 0.2) is 0 Å². The van der Waals surface area contributed by atoms with E-state index in [1.807, 2.05) is 11.7 Å². The molecule has 1 aromatic heterocycles. The minimum atomic E-state index is 0.415. The lowest BCUT2D eigenvalue weighted by Crippen LogP contribution is -2.16. The monoisotopic (exact) mass is 195 g/mol. The molecule has 1 aliphatic carbocycles. The van der Waals surface area contributed by atoms with Gasteiger partial charge in [0.25, 0.3) is 0 Å². The molecule has 1 aromatic rings. The molecule has 0 saturated heterocycles. The fourth-order valence-electron chi connectivity index (χ4n) is 2.09. The van der Waals surface area contributed by atoms with Crippen molar-refractivity contribution in [2.24, 2.45) is 7.05 Å². The summed E-state index contributed by atoms with van der Waals surface area (Å²) in [6.07, 6.45) is 5.89. The van der Waals surface area contributed by atoms with Gasteiger partial charge in [0.1, 0.15) is 0 Å². The van der Waals surface area contributed by atoms with Crippen LogP contribution in [0.1, 0.15) is 30.7 Å². The fraction of sp³-hybridized carbons (Fsp3) is 0.800. The van der Waals surface area contributed by atoms with Gasteiger partial charge in [-0.3, -0.25) is 4.68 Å². The molecule has 4 heteroatoms. The molecule has 0 N–H and O–H groups in total. The molecule has 0 fully saturated rings. The van der Waals surface area contributed by atoms with Crippen LogP contribution in [-0.2, 0) is 24.6 Å². The summed E-state index contributed by atoms with van der Waals surface area (Å²) in [6, 6.07) is 0. The van der Waals surface area contributed by atoms with Gasteiger partial charge in [-0.1, -0.05) is 5.21 Å². The van der Waals surface area contributed by atoms with E-state index in [2.05, 4.69) is 10.3 Å². The van der Waals surface area contributed by atoms with Crippen LogP contribution in [0.25, 0.3) is 0 Å². The Balaban J connectivity index is 2.15. The predicted molar refractivity (Wildman–Crippen MR) is 53.1 cm³/mol. The summed E-state index contributed by atoms with van der Waals surface area (Å²) in [5.41, 5.74) is 2.47. The number of hydrogen-bond donors (Lipinski definition) is 0. The largest absolute Gasteiger partial charge is 0.381 e. The molecule has 2 rings (SSSR count). The SMILES string of the molecule is COC1CCCc2nnn(C)c2CC1. The summed E-state index contributed by atoms with van der Waals surface area (Å²) in [4.78, 5) is 0. The molecule has 0 radical (unpaired) electrons. The topological polar surface area (TPSA) is 39.9 Å². The van der Waals surface area contributed by atoms with E-state index in [-0.39, 0.29) is 0 Å². The lowest BCUT2D eigenvalue weighted by atomic mass is 9.99. The van der Waals surface area contributed by atoms with Gasteiger partial charge in [0.05, 0.1) is 17.5 Å². The molecule has 0 aromatic carbocycles. The fourth-order valence-corrected chi connectivity index (χ4v) is 2.09. The Morgan fingerprint density at radius 2 is 2.21 bits per heavy atom. The molecule has 0 spiro atoms. The van der Waals surface area contributed by atoms with Gasteiger partial charge >= 0.3 is 0 Å². The van der Waals surface area contributed by atoms with Crippen molar-refractivity contribution in [1.29, 1.82) is 0 Å². The van der Waals surface area contributed by atoms with E-state index in [4.69, 9.17) is 4.74 Å². The molecular weight excluding hydrogens is 178 g/mol. The van der Waals surface area contributed by atoms with Crippen LogP contribution in [0.4, 0.5) is 0 Å². The quantitative estimate of drug-likeness (QED) is 0.673. The minimum Gasteiger partial charge on any atom is -0.381 e. The van der Waals surface area contributed by atoms with Crippen molar-refractivity contribution in [3.63, 3.8) is 0 Å². The Morgan fingerprint density at radius 1 is 1.36 bits per heavy atom. The van der Waals surface area contributed by atoms with Gasteiger partial charge in [-0.15, -0.1) is 5.10 Å². The zero-order chi connectivity index (χ0) is 9.97. The van der Waals surface area contributed by atoms with Gasteiger partial charge in [-0.25, -0.2) is 0 Å². The summed E-state index contributed by atoms with van der Waals surface area (Å²) in [6.45, 7) is 0. The van der Waals surface area contributed by atoms with Crippen molar-refractivity contribution in [3.05, 3.63) is 11.4 Å². The van der Waals surface area contributed by atoms with Crippen LogP contribution in [-0.4, -0.2) is 28.2 Å². The second-order valence-corrected chi connectivity index (χ2v) is 3.90. The number of aromatic nitrogens is 3. The molecule has 4 nitrogen and oxygen atoms in total. The maximum atomic E-state index is 5.41. The molecule has 1 heterocycles. The van der Waals surface area contributed by atoms with Crippen LogP contribution in [0.3, 0.4) is 0 Å². The van der Waals surface area contributed by atoms with Crippen LogP contribution in [0.2, 0.25) is 0 Å². The van der Waals surface area contributed by atoms with Gasteiger partial charge in [0.15, 0.2) is 0 Å². The molecule has 0 amide bonds. The van der Waals surface area contributed by atoms with E-state index in [0.29, 0.717) is 6.10 Å². The van der Waals surface area contributed by atoms with Crippen molar-refractivity contribution < 1.29 is 4.74 Å². The molecule has 1 atom stereocenters. The number of aryl methyl sites for hydroxylation is 2. The Bertz CT molecular complexity index is 308. The zero-order valence-electron chi connectivity index (χ0n) is 8.86. The second-order valence-electron chi connectivity index (χ2n) is 3.90. The smallest absolute Gasteiger partial charge is 0.0859 e. The predicted octanol–water partition coefficient (Wildman–Crippen LogP) is 1.10. The van der Waals surface area contributed by atoms with E-state index in [1.54, 1.807) is 7.11 Å². The van der Waals surface area contributed by atoms with Gasteiger partial charge in [-0.05, 0) is 32.1 Å². The van der Waals surface area contributed by atoms with E-state index in [1.165, 1.54) is 11.4 Å². The lowest BCUT2D eigenvalue weighted by molar-refractivity contribution is 0.0848. The van der Waals surface area contributed by atoms with Crippen molar-refractivity contribution in [3.8, 4) is 0 Å². The first kappa shape index (κ1) is 9.65. The van der Waals surface area contributed by atoms with Crippen LogP contribution in [0.5, 0.6) is 0 Å². The molecule has 0 bridgehead atoms. The van der Waals surface area contributed by atoms with E-state index in [9.17, 15) is 0 Å². The summed E-state index contributed by atoms with van der Waals surface area (Å²) < 4.78 is 7.30. The van der Waals surface area contributed by atoms with Crippen LogP contribution >= 0.6 is 0 Å². The highest BCUT2D eigenvalue weighted by molar-refractivity contribution is 5.11. The first-order chi connectivity index (χ1) is 6.81. The highest BCUT2D eigenvalue weighted by Gasteiger charge is 2.17. The number of ether oxygens (including phenoxy) is 1. The molecule has 14 heavy (non-hydrogen) atoms. The zero-order valence-corrected chi connectivity index (χ0v) is 8.86. The first-order valence-corrected chi connectivity index (χ1v) is 5.21. The average Bonchev–Trinajstić information content (AvgIpc) is 2.47. The van der Waals surface area contributed by atoms with Crippen molar-refractivity contribution in [2.75, 3.05) is 7.11 Å². The Kier molecular flexibility index (Phi) is 2.82. The number of methoxy groups -OCH3 is 1. The maximum Gasteiger partial charge on any atom is 0.0859 e. The van der Waals surface area contributed by atoms with Crippen molar-refractivity contribution >= 4 is 0 Å². The minimum absolute atomic E-state index is 0.415. The second kappa shape index (κ2) is 4.09. The normalized spacial score (nSPS) is 22.6. The van der Waals surface area contributed by atoms with Gasteiger partial charge in [0.2, 0.25) is 0 Å². The van der Waals surface area contributed by atoms with Crippen LogP contribution < -0.4 is 0 Å². The molecule has 78 valence electrons. The van der Waals surface area contributed by atoms with Gasteiger partial charge in [-0.2, -0.15) is 0 Å². The summed E-state index contributed by atoms with van der Waals surface area (Å²) >= 11 is 0. The maximum absolute atomic E-state index is 5.41. The number of nitrogens with zero attached hydrogens (tertiary/aromatic N) is 3. The number of fused-ring (bicyclic) bond motifs is 1. The third kappa shape index (κ3) is 1.80. The van der Waals surface area contributed by atoms with Crippen molar-refractivity contribution in [2.45, 2.75) is 38.2 Å². The Hall–Kier alpha value is -0.900. The lowest BCUT2D eigenvalue weighted by Gasteiger charge is -2.17. The molecular formula is C10H17N3O. The average molecular weight is 195 g/mol. The molecule has 1 unspecified atom stereocenters. The van der Waals surface area contributed by atoms with Crippen LogP contribution in [0, 0.1) is 0 Å². The van der Waals surface area contributed by atoms with E-state index >= 15 is 0 Å². The van der Waals surface area contributed by atoms with Gasteiger partial charge < -0.3 is 4.74 Å². The highest BCUT2D eigenvalue weighted by atomic mass is 16.5. The molecule has 0 aliphatic heterocycles. The number of rotatable bonds is 1. The summed E-state index contributed by atoms with van der Waals surface area (Å²) in [5.74, 6) is 0. The summed E-state index contributed by atoms with van der Waals surface area (Å²) in [7, 11) is 3.77. The third-order valence-electron chi connectivity index (χ3n) is 3.00. The Labute approximate surface area is 84.3 Å². The highest BCUT2D eigenvalue weighted by Crippen LogP contribution is 2.19. The third-order valence-corrected chi connectivity index (χ3v) is 3.00. The Morgan fingerprint density at radius 3 is 3.00 bits per heavy atom. The standard InChI is InChI=1S/C10H17N3O/c1-13-10-7-6-8(14-2)4-3-5-9(10)11-12-13/h8H,3-7H2,1-2H3. The van der Waals surface area contributed by atoms with E-state index in [0.717, 1.165) is 32.1 Å². The van der Waals surface area contributed by atoms with E-state index < -0.39 is 0 Å². The van der Waals surface area contributed by atoms with Crippen molar-refractivity contribution in [1.82, 2.24) is 15.0 Å². The molecule has 0 saturated carbocycles. The molecule has 1 aliphatic rings.